The summed E-state index contributed by atoms with van der Waals surface area (Å²) in [5, 5.41) is 110. The molecule has 34 heteroatoms. The summed E-state index contributed by atoms with van der Waals surface area (Å²) in [5.41, 5.74) is 1.39. The van der Waals surface area contributed by atoms with E-state index in [1.165, 1.54) is 25.7 Å². The van der Waals surface area contributed by atoms with Gasteiger partial charge in [-0.05, 0) is 43.2 Å². The number of carbonyl (C=O) groups is 7. The summed E-state index contributed by atoms with van der Waals surface area (Å²) in [6.07, 6.45) is -13.5. The predicted octanol–water partition coefficient (Wildman–Crippen LogP) is -8.00. The van der Waals surface area contributed by atoms with Crippen molar-refractivity contribution in [2.45, 2.75) is 163 Å². The summed E-state index contributed by atoms with van der Waals surface area (Å²) in [7, 11) is 1.66. The Morgan fingerprint density at radius 3 is 1.23 bits per heavy atom. The lowest BCUT2D eigenvalue weighted by Gasteiger charge is -2.42. The van der Waals surface area contributed by atoms with Crippen LogP contribution in [0.25, 0.3) is 0 Å². The first-order chi connectivity index (χ1) is 44.1. The summed E-state index contributed by atoms with van der Waals surface area (Å²) in [6, 6.07) is 2.36. The molecule has 7 amide bonds. The Morgan fingerprint density at radius 2 is 0.870 bits per heavy atom. The zero-order valence-corrected chi connectivity index (χ0v) is 52.4. The number of ether oxygens (including phenoxy) is 10. The number of methoxy groups -OCH3 is 1. The van der Waals surface area contributed by atoms with Crippen molar-refractivity contribution < 1.29 is 127 Å². The lowest BCUT2D eigenvalue weighted by Crippen LogP contribution is -2.64. The fraction of sp³-hybridized carbons (Fsp3) is 0.776. The number of aliphatic hydroxyl groups excluding tert-OH is 9. The third kappa shape index (κ3) is 25.1. The fourth-order valence-corrected chi connectivity index (χ4v) is 10.8. The highest BCUT2D eigenvalue weighted by atomic mass is 16.7. The van der Waals surface area contributed by atoms with Crippen LogP contribution in [0.2, 0.25) is 0 Å². The molecular formula is C58H96N8O26. The van der Waals surface area contributed by atoms with Crippen molar-refractivity contribution in [3.8, 4) is 0 Å². The van der Waals surface area contributed by atoms with Crippen LogP contribution < -0.4 is 37.2 Å². The molecule has 34 nitrogen and oxygen atoms in total. The van der Waals surface area contributed by atoms with Gasteiger partial charge in [0.1, 0.15) is 73.1 Å². The molecular weight excluding hydrogens is 1220 g/mol. The molecule has 0 spiro atoms. The molecule has 5 rings (SSSR count). The maximum absolute atomic E-state index is 14.5. The van der Waals surface area contributed by atoms with Gasteiger partial charge in [0.15, 0.2) is 18.9 Å². The van der Waals surface area contributed by atoms with Crippen molar-refractivity contribution in [3.63, 3.8) is 0 Å². The molecule has 1 aromatic carbocycles. The third-order valence-electron chi connectivity index (χ3n) is 15.7. The fourth-order valence-electron chi connectivity index (χ4n) is 10.8. The molecule has 524 valence electrons. The Kier molecular flexibility index (Phi) is 34.4. The van der Waals surface area contributed by atoms with Crippen LogP contribution >= 0.6 is 0 Å². The molecule has 0 aromatic heterocycles. The molecule has 16 atom stereocenters. The highest BCUT2D eigenvalue weighted by Gasteiger charge is 2.48. The molecule has 0 radical (unpaired) electrons. The van der Waals surface area contributed by atoms with Gasteiger partial charge in [-0.15, -0.1) is 0 Å². The summed E-state index contributed by atoms with van der Waals surface area (Å²) in [6.45, 7) is -0.198. The molecule has 92 heavy (non-hydrogen) atoms. The van der Waals surface area contributed by atoms with Gasteiger partial charge in [0, 0.05) is 60.0 Å². The smallest absolute Gasteiger partial charge is 0.237 e. The molecule has 1 saturated carbocycles. The maximum atomic E-state index is 14.5. The van der Waals surface area contributed by atoms with Crippen molar-refractivity contribution in [1.29, 1.82) is 0 Å². The summed E-state index contributed by atoms with van der Waals surface area (Å²) in [5.74, 6) is -3.67. The van der Waals surface area contributed by atoms with E-state index in [0.29, 0.717) is 18.4 Å². The number of hydrogen-bond acceptors (Lipinski definition) is 27. The van der Waals surface area contributed by atoms with Crippen LogP contribution in [-0.2, 0) is 93.9 Å². The minimum atomic E-state index is -1.53. The van der Waals surface area contributed by atoms with Crippen LogP contribution in [0.4, 0.5) is 0 Å². The van der Waals surface area contributed by atoms with E-state index < -0.39 is 166 Å². The highest BCUT2D eigenvalue weighted by Crippen LogP contribution is 2.28. The topological polar surface area (TPSA) is 481 Å². The van der Waals surface area contributed by atoms with Crippen LogP contribution in [0, 0.1) is 5.92 Å². The Labute approximate surface area is 532 Å². The van der Waals surface area contributed by atoms with Crippen molar-refractivity contribution in [2.24, 2.45) is 5.92 Å². The maximum Gasteiger partial charge on any atom is 0.237 e. The second-order valence-corrected chi connectivity index (χ2v) is 22.6. The number of carbonyl (C=O) groups excluding carboxylic acids is 7. The Balaban J connectivity index is 1.24. The first kappa shape index (κ1) is 77.4. The number of nitrogens with one attached hydrogen (secondary N) is 7. The number of amides is 7. The van der Waals surface area contributed by atoms with Gasteiger partial charge in [-0.25, -0.2) is 0 Å². The van der Waals surface area contributed by atoms with Gasteiger partial charge in [0.25, 0.3) is 0 Å². The van der Waals surface area contributed by atoms with Crippen LogP contribution in [0.3, 0.4) is 0 Å². The average Bonchev–Trinajstić information content (AvgIpc) is 1.24. The quantitative estimate of drug-likeness (QED) is 0.0272. The average molecular weight is 1320 g/mol. The SMILES string of the molecule is COC1CCC(C(=O)NCc2ccc(CC(C(=O)NCCOCCOC3OC(CO)C(O)C(O)C3NC(C)=O)N(CC(=O)NCCOCCOC3OC(CO)C(O)C(O)C3NC(C)=O)CC(=O)NCCOCCOC3OC(CO)C(O)C(O)C3NC(C)=O)cc2)CC1. The Morgan fingerprint density at radius 1 is 0.500 bits per heavy atom. The second-order valence-electron chi connectivity index (χ2n) is 22.6. The molecule has 16 N–H and O–H groups in total. The second kappa shape index (κ2) is 40.8. The van der Waals surface area contributed by atoms with Gasteiger partial charge in [-0.1, -0.05) is 24.3 Å². The Bertz CT molecular complexity index is 2320. The first-order valence-corrected chi connectivity index (χ1v) is 30.8. The van der Waals surface area contributed by atoms with Gasteiger partial charge in [0.05, 0.1) is 105 Å². The van der Waals surface area contributed by atoms with Crippen molar-refractivity contribution in [1.82, 2.24) is 42.1 Å². The summed E-state index contributed by atoms with van der Waals surface area (Å²) in [4.78, 5) is 92.2. The zero-order valence-electron chi connectivity index (χ0n) is 52.4. The molecule has 1 aromatic rings. The van der Waals surface area contributed by atoms with Gasteiger partial charge in [-0.2, -0.15) is 0 Å². The molecule has 3 heterocycles. The van der Waals surface area contributed by atoms with E-state index in [1.54, 1.807) is 31.4 Å². The van der Waals surface area contributed by atoms with E-state index in [2.05, 4.69) is 37.2 Å². The number of aliphatic hydroxyl groups is 9. The summed E-state index contributed by atoms with van der Waals surface area (Å²) >= 11 is 0. The molecule has 4 aliphatic rings. The third-order valence-corrected chi connectivity index (χ3v) is 15.7. The molecule has 0 bridgehead atoms. The highest BCUT2D eigenvalue weighted by molar-refractivity contribution is 5.86. The van der Waals surface area contributed by atoms with E-state index in [-0.39, 0.29) is 110 Å². The largest absolute Gasteiger partial charge is 0.394 e. The lowest BCUT2D eigenvalue weighted by atomic mass is 9.87. The van der Waals surface area contributed by atoms with E-state index in [9.17, 15) is 79.5 Å². The first-order valence-electron chi connectivity index (χ1n) is 30.8. The van der Waals surface area contributed by atoms with Gasteiger partial charge in [-0.3, -0.25) is 38.5 Å². The Hall–Kier alpha value is -5.29. The van der Waals surface area contributed by atoms with E-state index in [1.807, 2.05) is 0 Å². The van der Waals surface area contributed by atoms with Gasteiger partial charge < -0.3 is 131 Å². The monoisotopic (exact) mass is 1320 g/mol. The van der Waals surface area contributed by atoms with Crippen molar-refractivity contribution >= 4 is 41.4 Å². The van der Waals surface area contributed by atoms with E-state index in [4.69, 9.17) is 47.4 Å². The minimum Gasteiger partial charge on any atom is -0.394 e. The van der Waals surface area contributed by atoms with E-state index in [0.717, 1.165) is 18.4 Å². The number of nitrogens with zero attached hydrogens (tertiary/aromatic N) is 1. The van der Waals surface area contributed by atoms with Crippen LogP contribution in [0.5, 0.6) is 0 Å². The molecule has 16 unspecified atom stereocenters. The normalized spacial score (nSPS) is 29.3. The van der Waals surface area contributed by atoms with Crippen molar-refractivity contribution in [3.05, 3.63) is 35.4 Å². The molecule has 4 fully saturated rings. The number of hydrogen-bond donors (Lipinski definition) is 16. The minimum absolute atomic E-state index is 0.0417. The van der Waals surface area contributed by atoms with Crippen LogP contribution in [-0.4, -0.2) is 315 Å². The standard InChI is InChI=1S/C58H96N8O26/c1-32(70)63-45-51(78)48(75)40(29-67)90-56(45)87-22-19-84-16-13-59-43(73)27-66(28-44(74)60-14-17-85-20-23-88-57-46(64-33(2)71)52(79)49(76)41(30-68)91-57)39(25-35-5-7-36(8-6-35)26-62-54(81)37-9-11-38(83-4)12-10-37)55(82)61-15-18-86-21-24-89-58-47(65-34(3)72)53(80)50(77)42(31-69)92-58/h5-8,37-42,45-53,56-58,67-69,75-80H,9-31H2,1-4H3,(H,59,73)(H,60,74)(H,61,82)(H,62,81)(H,63,70)(H,64,71)(H,65,72). The molecule has 3 aliphatic heterocycles. The molecule has 1 aliphatic carbocycles. The number of benzene rings is 1. The van der Waals surface area contributed by atoms with E-state index >= 15 is 0 Å². The van der Waals surface area contributed by atoms with Gasteiger partial charge in [0.2, 0.25) is 41.4 Å². The van der Waals surface area contributed by atoms with Crippen LogP contribution in [0.15, 0.2) is 24.3 Å². The number of rotatable bonds is 39. The zero-order chi connectivity index (χ0) is 67.3. The van der Waals surface area contributed by atoms with Crippen molar-refractivity contribution in [2.75, 3.05) is 119 Å². The van der Waals surface area contributed by atoms with Gasteiger partial charge >= 0.3 is 0 Å². The lowest BCUT2D eigenvalue weighted by molar-refractivity contribution is -0.272. The summed E-state index contributed by atoms with van der Waals surface area (Å²) < 4.78 is 56.3. The molecule has 3 saturated heterocycles. The predicted molar refractivity (Wildman–Crippen MR) is 316 cm³/mol. The van der Waals surface area contributed by atoms with Crippen LogP contribution in [0.1, 0.15) is 57.6 Å².